The van der Waals surface area contributed by atoms with E-state index in [1.807, 2.05) is 6.92 Å². The minimum Gasteiger partial charge on any atom is -0.329 e. The number of nitrogens with zero attached hydrogens (tertiary/aromatic N) is 2. The first-order chi connectivity index (χ1) is 13.2. The summed E-state index contributed by atoms with van der Waals surface area (Å²) in [5.41, 5.74) is 0.0162. The monoisotopic (exact) mass is 443 g/mol. The molecule has 148 valence electrons. The molecule has 0 bridgehead atoms. The van der Waals surface area contributed by atoms with E-state index in [-0.39, 0.29) is 29.4 Å². The minimum absolute atomic E-state index is 0.0677. The number of anilines is 1. The van der Waals surface area contributed by atoms with Crippen LogP contribution >= 0.6 is 34.8 Å². The molecule has 0 spiro atoms. The number of benzene rings is 2. The predicted octanol–water partition coefficient (Wildman–Crippen LogP) is 5.05. The standard InChI is InChI=1S/C18H16Cl3N3O4/c1-2-7-23(10-17(25)22-15-9-12(19)4-6-13(15)20)18(26)11-3-5-14(21)16(8-11)24(27)28/h3-6,8-9H,2,7,10H2,1H3,(H,22,25). The van der Waals surface area contributed by atoms with Gasteiger partial charge in [-0.15, -0.1) is 0 Å². The van der Waals surface area contributed by atoms with Crippen LogP contribution in [0, 0.1) is 10.1 Å². The number of amides is 2. The third kappa shape index (κ3) is 5.58. The van der Waals surface area contributed by atoms with Crippen molar-refractivity contribution < 1.29 is 14.5 Å². The van der Waals surface area contributed by atoms with Gasteiger partial charge in [0.2, 0.25) is 5.91 Å². The number of nitro groups is 1. The van der Waals surface area contributed by atoms with Gasteiger partial charge in [0.05, 0.1) is 15.6 Å². The SMILES string of the molecule is CCCN(CC(=O)Nc1cc(Cl)ccc1Cl)C(=O)c1ccc(Cl)c([N+](=O)[O-])c1. The number of hydrogen-bond acceptors (Lipinski definition) is 4. The van der Waals surface area contributed by atoms with E-state index in [1.165, 1.54) is 23.1 Å². The fourth-order valence-corrected chi connectivity index (χ4v) is 2.97. The molecule has 0 heterocycles. The largest absolute Gasteiger partial charge is 0.329 e. The first-order valence-corrected chi connectivity index (χ1v) is 9.34. The van der Waals surface area contributed by atoms with Gasteiger partial charge in [0, 0.05) is 23.2 Å². The maximum Gasteiger partial charge on any atom is 0.288 e. The molecule has 10 heteroatoms. The maximum absolute atomic E-state index is 12.8. The first-order valence-electron chi connectivity index (χ1n) is 8.21. The molecule has 0 saturated carbocycles. The zero-order valence-electron chi connectivity index (χ0n) is 14.7. The summed E-state index contributed by atoms with van der Waals surface area (Å²) in [4.78, 5) is 36.8. The van der Waals surface area contributed by atoms with Crippen LogP contribution in [0.3, 0.4) is 0 Å². The van der Waals surface area contributed by atoms with Crippen LogP contribution in [-0.4, -0.2) is 34.7 Å². The predicted molar refractivity (Wildman–Crippen MR) is 109 cm³/mol. The molecule has 0 aliphatic heterocycles. The number of nitro benzene ring substituents is 1. The number of halogens is 3. The Hall–Kier alpha value is -2.35. The van der Waals surface area contributed by atoms with Crippen LogP contribution in [0.2, 0.25) is 15.1 Å². The van der Waals surface area contributed by atoms with Gasteiger partial charge < -0.3 is 10.2 Å². The lowest BCUT2D eigenvalue weighted by molar-refractivity contribution is -0.384. The molecule has 0 radical (unpaired) electrons. The van der Waals surface area contributed by atoms with Crippen molar-refractivity contribution in [3.05, 3.63) is 67.1 Å². The Balaban J connectivity index is 2.19. The number of carbonyl (C=O) groups is 2. The third-order valence-electron chi connectivity index (χ3n) is 3.71. The normalized spacial score (nSPS) is 10.4. The number of nitrogens with one attached hydrogen (secondary N) is 1. The molecule has 0 aromatic heterocycles. The molecule has 1 N–H and O–H groups in total. The molecule has 0 atom stereocenters. The summed E-state index contributed by atoms with van der Waals surface area (Å²) in [5.74, 6) is -0.997. The van der Waals surface area contributed by atoms with E-state index in [1.54, 1.807) is 12.1 Å². The summed E-state index contributed by atoms with van der Waals surface area (Å²) in [6, 6.07) is 8.38. The highest BCUT2D eigenvalue weighted by molar-refractivity contribution is 6.35. The van der Waals surface area contributed by atoms with E-state index in [0.29, 0.717) is 22.2 Å². The highest BCUT2D eigenvalue weighted by Crippen LogP contribution is 2.27. The topological polar surface area (TPSA) is 92.6 Å². The van der Waals surface area contributed by atoms with Gasteiger partial charge in [0.15, 0.2) is 0 Å². The van der Waals surface area contributed by atoms with Gasteiger partial charge >= 0.3 is 0 Å². The molecule has 2 rings (SSSR count). The second kappa shape index (κ2) is 9.73. The van der Waals surface area contributed by atoms with Crippen LogP contribution in [-0.2, 0) is 4.79 Å². The number of hydrogen-bond donors (Lipinski definition) is 1. The zero-order valence-corrected chi connectivity index (χ0v) is 17.0. The van der Waals surface area contributed by atoms with Crippen LogP contribution in [0.5, 0.6) is 0 Å². The Morgan fingerprint density at radius 2 is 1.79 bits per heavy atom. The number of carbonyl (C=O) groups excluding carboxylic acids is 2. The zero-order chi connectivity index (χ0) is 20.8. The lowest BCUT2D eigenvalue weighted by atomic mass is 10.1. The van der Waals surface area contributed by atoms with Gasteiger partial charge in [-0.25, -0.2) is 0 Å². The molecule has 2 aromatic rings. The number of rotatable bonds is 7. The quantitative estimate of drug-likeness (QED) is 0.478. The van der Waals surface area contributed by atoms with Crippen molar-refractivity contribution >= 4 is 58.0 Å². The summed E-state index contributed by atoms with van der Waals surface area (Å²) in [6.07, 6.45) is 0.590. The molecule has 0 aliphatic carbocycles. The van der Waals surface area contributed by atoms with Crippen LogP contribution in [0.25, 0.3) is 0 Å². The highest BCUT2D eigenvalue weighted by atomic mass is 35.5. The van der Waals surface area contributed by atoms with E-state index < -0.39 is 16.7 Å². The van der Waals surface area contributed by atoms with Gasteiger partial charge in [0.25, 0.3) is 11.6 Å². The Kier molecular flexibility index (Phi) is 7.62. The maximum atomic E-state index is 12.8. The van der Waals surface area contributed by atoms with E-state index in [2.05, 4.69) is 5.32 Å². The van der Waals surface area contributed by atoms with Crippen molar-refractivity contribution in [2.24, 2.45) is 0 Å². The van der Waals surface area contributed by atoms with Gasteiger partial charge in [-0.3, -0.25) is 19.7 Å². The van der Waals surface area contributed by atoms with Crippen molar-refractivity contribution in [3.8, 4) is 0 Å². The molecule has 0 unspecified atom stereocenters. The lowest BCUT2D eigenvalue weighted by Gasteiger charge is -2.22. The van der Waals surface area contributed by atoms with E-state index in [0.717, 1.165) is 6.07 Å². The summed E-state index contributed by atoms with van der Waals surface area (Å²) < 4.78 is 0. The van der Waals surface area contributed by atoms with Crippen molar-refractivity contribution in [2.45, 2.75) is 13.3 Å². The first kappa shape index (κ1) is 21.9. The average Bonchev–Trinajstić information content (AvgIpc) is 2.64. The molecule has 0 aliphatic rings. The highest BCUT2D eigenvalue weighted by Gasteiger charge is 2.22. The second-order valence-corrected chi connectivity index (χ2v) is 7.07. The van der Waals surface area contributed by atoms with Crippen molar-refractivity contribution in [2.75, 3.05) is 18.4 Å². The Morgan fingerprint density at radius 1 is 1.11 bits per heavy atom. The summed E-state index contributed by atoms with van der Waals surface area (Å²) in [7, 11) is 0. The van der Waals surface area contributed by atoms with E-state index in [9.17, 15) is 19.7 Å². The average molecular weight is 445 g/mol. The molecule has 7 nitrogen and oxygen atoms in total. The van der Waals surface area contributed by atoms with Crippen molar-refractivity contribution in [1.82, 2.24) is 4.90 Å². The van der Waals surface area contributed by atoms with Crippen LogP contribution in [0.4, 0.5) is 11.4 Å². The van der Waals surface area contributed by atoms with Crippen molar-refractivity contribution in [3.63, 3.8) is 0 Å². The minimum atomic E-state index is -0.670. The molecule has 2 amide bonds. The molecule has 0 fully saturated rings. The third-order valence-corrected chi connectivity index (χ3v) is 4.59. The summed E-state index contributed by atoms with van der Waals surface area (Å²) in [5, 5.41) is 14.3. The Morgan fingerprint density at radius 3 is 2.43 bits per heavy atom. The Bertz CT molecular complexity index is 921. The summed E-state index contributed by atoms with van der Waals surface area (Å²) >= 11 is 17.7. The Labute approximate surface area is 176 Å². The fraction of sp³-hybridized carbons (Fsp3) is 0.222. The molecular formula is C18H16Cl3N3O4. The van der Waals surface area contributed by atoms with Crippen LogP contribution < -0.4 is 5.32 Å². The van der Waals surface area contributed by atoms with Gasteiger partial charge in [-0.2, -0.15) is 0 Å². The fourth-order valence-electron chi connectivity index (χ4n) is 2.45. The van der Waals surface area contributed by atoms with Gasteiger partial charge in [0.1, 0.15) is 11.6 Å². The summed E-state index contributed by atoms with van der Waals surface area (Å²) in [6.45, 7) is 1.87. The van der Waals surface area contributed by atoms with E-state index >= 15 is 0 Å². The molecule has 28 heavy (non-hydrogen) atoms. The smallest absolute Gasteiger partial charge is 0.288 e. The van der Waals surface area contributed by atoms with Crippen LogP contribution in [0.1, 0.15) is 23.7 Å². The molecule has 0 saturated heterocycles. The van der Waals surface area contributed by atoms with Crippen molar-refractivity contribution in [1.29, 1.82) is 0 Å². The lowest BCUT2D eigenvalue weighted by Crippen LogP contribution is -2.38. The van der Waals surface area contributed by atoms with Gasteiger partial charge in [-0.1, -0.05) is 41.7 Å². The molecular weight excluding hydrogens is 429 g/mol. The van der Waals surface area contributed by atoms with Gasteiger partial charge in [-0.05, 0) is 36.8 Å². The van der Waals surface area contributed by atoms with E-state index in [4.69, 9.17) is 34.8 Å². The van der Waals surface area contributed by atoms with Crippen LogP contribution in [0.15, 0.2) is 36.4 Å². The second-order valence-electron chi connectivity index (χ2n) is 5.82. The molecule has 2 aromatic carbocycles.